The van der Waals surface area contributed by atoms with Gasteiger partial charge in [-0.3, -0.25) is 9.59 Å². The Labute approximate surface area is 192 Å². The second-order valence-corrected chi connectivity index (χ2v) is 8.82. The van der Waals surface area contributed by atoms with Crippen molar-refractivity contribution in [2.24, 2.45) is 5.92 Å². The molecule has 0 radical (unpaired) electrons. The number of rotatable bonds is 5. The highest BCUT2D eigenvalue weighted by Crippen LogP contribution is 2.27. The molecular weight excluding hydrogens is 426 g/mol. The van der Waals surface area contributed by atoms with Crippen molar-refractivity contribution in [3.05, 3.63) is 63.8 Å². The molecule has 0 saturated carbocycles. The van der Waals surface area contributed by atoms with Gasteiger partial charge in [0.2, 0.25) is 5.91 Å². The van der Waals surface area contributed by atoms with Crippen LogP contribution in [-0.2, 0) is 11.3 Å². The van der Waals surface area contributed by atoms with Crippen molar-refractivity contribution in [2.75, 3.05) is 20.2 Å². The summed E-state index contributed by atoms with van der Waals surface area (Å²) >= 11 is 6.07. The molecule has 2 amide bonds. The minimum absolute atomic E-state index is 0.0412. The second kappa shape index (κ2) is 9.25. The summed E-state index contributed by atoms with van der Waals surface area (Å²) in [6, 6.07) is 11.3. The van der Waals surface area contributed by atoms with Crippen LogP contribution in [0, 0.1) is 19.8 Å². The zero-order valence-electron chi connectivity index (χ0n) is 18.6. The largest absolute Gasteiger partial charge is 0.496 e. The van der Waals surface area contributed by atoms with E-state index in [4.69, 9.17) is 16.3 Å². The number of piperidine rings is 1. The van der Waals surface area contributed by atoms with Gasteiger partial charge in [0, 0.05) is 47.2 Å². The van der Waals surface area contributed by atoms with Gasteiger partial charge in [-0.15, -0.1) is 0 Å². The van der Waals surface area contributed by atoms with Gasteiger partial charge in [-0.05, 0) is 68.1 Å². The van der Waals surface area contributed by atoms with Crippen LogP contribution in [0.4, 0.5) is 0 Å². The quantitative estimate of drug-likeness (QED) is 0.592. The molecule has 0 atom stereocenters. The summed E-state index contributed by atoms with van der Waals surface area (Å²) in [7, 11) is 1.53. The van der Waals surface area contributed by atoms with Gasteiger partial charge in [0.1, 0.15) is 5.75 Å². The van der Waals surface area contributed by atoms with Gasteiger partial charge in [-0.2, -0.15) is 0 Å². The monoisotopic (exact) mass is 453 g/mol. The van der Waals surface area contributed by atoms with Gasteiger partial charge in [0.25, 0.3) is 5.91 Å². The van der Waals surface area contributed by atoms with Crippen molar-refractivity contribution in [1.29, 1.82) is 0 Å². The maximum atomic E-state index is 12.9. The van der Waals surface area contributed by atoms with Crippen LogP contribution in [0.25, 0.3) is 10.9 Å². The summed E-state index contributed by atoms with van der Waals surface area (Å²) in [6.07, 6.45) is 1.27. The average Bonchev–Trinajstić information content (AvgIpc) is 3.10. The third kappa shape index (κ3) is 4.46. The van der Waals surface area contributed by atoms with Crippen LogP contribution in [-0.4, -0.2) is 41.9 Å². The van der Waals surface area contributed by atoms with E-state index in [9.17, 15) is 9.59 Å². The zero-order valence-corrected chi connectivity index (χ0v) is 19.4. The maximum absolute atomic E-state index is 12.9. The first-order chi connectivity index (χ1) is 15.4. The number of aromatic nitrogens is 1. The van der Waals surface area contributed by atoms with Gasteiger partial charge in [0.15, 0.2) is 0 Å². The smallest absolute Gasteiger partial charge is 0.257 e. The molecule has 0 unspecified atom stereocenters. The first-order valence-corrected chi connectivity index (χ1v) is 11.2. The van der Waals surface area contributed by atoms with E-state index in [0.29, 0.717) is 48.8 Å². The predicted octanol–water partition coefficient (Wildman–Crippen LogP) is 4.62. The molecule has 4 rings (SSSR count). The van der Waals surface area contributed by atoms with Gasteiger partial charge in [-0.1, -0.05) is 17.7 Å². The van der Waals surface area contributed by atoms with E-state index in [-0.39, 0.29) is 17.7 Å². The summed E-state index contributed by atoms with van der Waals surface area (Å²) in [5.41, 5.74) is 5.05. The number of methoxy groups -OCH3 is 1. The third-order valence-corrected chi connectivity index (χ3v) is 6.62. The highest BCUT2D eigenvalue weighted by atomic mass is 35.5. The number of halogens is 1. The van der Waals surface area contributed by atoms with Crippen LogP contribution in [0.5, 0.6) is 5.75 Å². The van der Waals surface area contributed by atoms with Crippen LogP contribution < -0.4 is 10.1 Å². The Hall–Kier alpha value is -2.99. The maximum Gasteiger partial charge on any atom is 0.257 e. The van der Waals surface area contributed by atoms with Gasteiger partial charge >= 0.3 is 0 Å². The van der Waals surface area contributed by atoms with E-state index >= 15 is 0 Å². The lowest BCUT2D eigenvalue weighted by atomic mass is 9.95. The number of benzene rings is 2. The second-order valence-electron chi connectivity index (χ2n) is 8.38. The van der Waals surface area contributed by atoms with Crippen molar-refractivity contribution >= 4 is 34.3 Å². The first kappa shape index (κ1) is 22.2. The molecule has 3 aromatic rings. The molecule has 1 saturated heterocycles. The normalized spacial score (nSPS) is 14.6. The number of hydrogen-bond acceptors (Lipinski definition) is 3. The Morgan fingerprint density at radius 3 is 2.62 bits per heavy atom. The highest BCUT2D eigenvalue weighted by Gasteiger charge is 2.29. The fraction of sp³-hybridized carbons (Fsp3) is 0.360. The lowest BCUT2D eigenvalue weighted by Gasteiger charge is -2.31. The van der Waals surface area contributed by atoms with Crippen molar-refractivity contribution in [1.82, 2.24) is 15.2 Å². The van der Waals surface area contributed by atoms with E-state index in [1.54, 1.807) is 23.1 Å². The number of hydrogen-bond donors (Lipinski definition) is 2. The summed E-state index contributed by atoms with van der Waals surface area (Å²) in [4.78, 5) is 30.8. The number of aryl methyl sites for hydroxylation is 2. The average molecular weight is 454 g/mol. The molecule has 1 aliphatic rings. The molecule has 2 N–H and O–H groups in total. The van der Waals surface area contributed by atoms with Crippen LogP contribution in [0.2, 0.25) is 5.02 Å². The molecule has 0 spiro atoms. The van der Waals surface area contributed by atoms with Crippen molar-refractivity contribution in [2.45, 2.75) is 33.2 Å². The van der Waals surface area contributed by atoms with Gasteiger partial charge in [-0.25, -0.2) is 0 Å². The number of ether oxygens (including phenoxy) is 1. The molecule has 1 aliphatic heterocycles. The number of likely N-dealkylation sites (tertiary alicyclic amines) is 1. The molecule has 32 heavy (non-hydrogen) atoms. The Kier molecular flexibility index (Phi) is 6.42. The first-order valence-electron chi connectivity index (χ1n) is 10.9. The van der Waals surface area contributed by atoms with Crippen LogP contribution in [0.1, 0.15) is 40.0 Å². The number of aromatic amines is 1. The van der Waals surface area contributed by atoms with Crippen LogP contribution in [0.3, 0.4) is 0 Å². The van der Waals surface area contributed by atoms with Crippen molar-refractivity contribution < 1.29 is 14.3 Å². The highest BCUT2D eigenvalue weighted by molar-refractivity contribution is 6.31. The van der Waals surface area contributed by atoms with Crippen molar-refractivity contribution in [3.63, 3.8) is 0 Å². The molecule has 7 heteroatoms. The number of H-pyrrole nitrogens is 1. The Morgan fingerprint density at radius 2 is 1.91 bits per heavy atom. The Balaban J connectivity index is 1.33. The van der Waals surface area contributed by atoms with E-state index in [1.807, 2.05) is 6.07 Å². The number of nitrogens with zero attached hydrogens (tertiary/aromatic N) is 1. The van der Waals surface area contributed by atoms with Crippen molar-refractivity contribution in [3.8, 4) is 5.75 Å². The van der Waals surface area contributed by atoms with Crippen LogP contribution >= 0.6 is 11.6 Å². The lowest BCUT2D eigenvalue weighted by molar-refractivity contribution is -0.126. The number of carbonyl (C=O) groups excluding carboxylic acids is 2. The summed E-state index contributed by atoms with van der Waals surface area (Å²) in [5.74, 6) is 0.331. The molecule has 1 aromatic heterocycles. The zero-order chi connectivity index (χ0) is 22.8. The number of nitrogens with one attached hydrogen (secondary N) is 2. The fourth-order valence-electron chi connectivity index (χ4n) is 4.31. The van der Waals surface area contributed by atoms with Crippen LogP contribution in [0.15, 0.2) is 36.4 Å². The minimum Gasteiger partial charge on any atom is -0.496 e. The molecule has 168 valence electrons. The molecular formula is C25H28ClN3O3. The van der Waals surface area contributed by atoms with Gasteiger partial charge in [0.05, 0.1) is 12.7 Å². The molecule has 0 bridgehead atoms. The van der Waals surface area contributed by atoms with E-state index in [2.05, 4.69) is 36.3 Å². The molecule has 0 aliphatic carbocycles. The predicted molar refractivity (Wildman–Crippen MR) is 126 cm³/mol. The standard InChI is InChI=1S/C25H28ClN3O3/c1-15-16(2)28-22-6-4-17(12-20(15)22)14-27-24(30)18-8-10-29(11-9-18)25(31)21-13-19(26)5-7-23(21)32-3/h4-7,12-13,18,28H,8-11,14H2,1-3H3,(H,27,30). The SMILES string of the molecule is COc1ccc(Cl)cc1C(=O)N1CCC(C(=O)NCc2ccc3[nH]c(C)c(C)c3c2)CC1. The number of carbonyl (C=O) groups is 2. The van der Waals surface area contributed by atoms with E-state index in [1.165, 1.54) is 18.1 Å². The molecule has 2 aromatic carbocycles. The fourth-order valence-corrected chi connectivity index (χ4v) is 4.49. The molecule has 1 fully saturated rings. The number of fused-ring (bicyclic) bond motifs is 1. The third-order valence-electron chi connectivity index (χ3n) is 6.38. The molecule has 6 nitrogen and oxygen atoms in total. The Bertz CT molecular complexity index is 1160. The van der Waals surface area contributed by atoms with Gasteiger partial charge < -0.3 is 19.9 Å². The van der Waals surface area contributed by atoms with E-state index < -0.39 is 0 Å². The summed E-state index contributed by atoms with van der Waals surface area (Å²) in [5, 5.41) is 4.76. The lowest BCUT2D eigenvalue weighted by Crippen LogP contribution is -2.43. The molecule has 2 heterocycles. The van der Waals surface area contributed by atoms with E-state index in [0.717, 1.165) is 16.8 Å². The summed E-state index contributed by atoms with van der Waals surface area (Å²) in [6.45, 7) is 5.72. The summed E-state index contributed by atoms with van der Waals surface area (Å²) < 4.78 is 5.31. The Morgan fingerprint density at radius 1 is 1.16 bits per heavy atom. The minimum atomic E-state index is -0.117. The topological polar surface area (TPSA) is 74.4 Å². The number of amides is 2.